The number of piperidine rings is 1. The van der Waals surface area contributed by atoms with Crippen LogP contribution in [0, 0.1) is 11.8 Å². The predicted octanol–water partition coefficient (Wildman–Crippen LogP) is 2.24. The third kappa shape index (κ3) is 2.69. The second-order valence-corrected chi connectivity index (χ2v) is 4.49. The van der Waals surface area contributed by atoms with Gasteiger partial charge in [0.25, 0.3) is 0 Å². The van der Waals surface area contributed by atoms with Crippen LogP contribution in [0.4, 0.5) is 4.39 Å². The zero-order valence-corrected chi connectivity index (χ0v) is 9.29. The van der Waals surface area contributed by atoms with Crippen molar-refractivity contribution in [3.63, 3.8) is 0 Å². The van der Waals surface area contributed by atoms with Crippen molar-refractivity contribution in [3.8, 4) is 0 Å². The van der Waals surface area contributed by atoms with Crippen LogP contribution < -0.4 is 0 Å². The second kappa shape index (κ2) is 4.76. The molecule has 1 amide bonds. The highest BCUT2D eigenvalue weighted by Gasteiger charge is 2.26. The quantitative estimate of drug-likeness (QED) is 0.671. The summed E-state index contributed by atoms with van der Waals surface area (Å²) in [5, 5.41) is 0. The Kier molecular flexibility index (Phi) is 3.90. The topological polar surface area (TPSA) is 20.3 Å². The fourth-order valence-corrected chi connectivity index (χ4v) is 1.94. The third-order valence-electron chi connectivity index (χ3n) is 2.99. The van der Waals surface area contributed by atoms with Gasteiger partial charge in [-0.15, -0.1) is 0 Å². The number of hydrogen-bond acceptors (Lipinski definition) is 1. The molecule has 1 fully saturated rings. The molecule has 1 rings (SSSR count). The van der Waals surface area contributed by atoms with Gasteiger partial charge in [-0.2, -0.15) is 0 Å². The van der Waals surface area contributed by atoms with Crippen molar-refractivity contribution in [1.82, 2.24) is 4.90 Å². The minimum absolute atomic E-state index is 0.0642. The van der Waals surface area contributed by atoms with Crippen LogP contribution in [0.15, 0.2) is 0 Å². The van der Waals surface area contributed by atoms with Crippen molar-refractivity contribution < 1.29 is 9.18 Å². The van der Waals surface area contributed by atoms with Gasteiger partial charge in [-0.1, -0.05) is 13.8 Å². The standard InChI is InChI=1S/C11H20FNO/c1-8(2)11(14)13-6-4-10(5-7-13)9(3)12/h8-10H,4-7H2,1-3H3. The van der Waals surface area contributed by atoms with Gasteiger partial charge < -0.3 is 4.90 Å². The summed E-state index contributed by atoms with van der Waals surface area (Å²) in [5.74, 6) is 0.426. The summed E-state index contributed by atoms with van der Waals surface area (Å²) in [6, 6.07) is 0. The van der Waals surface area contributed by atoms with Crippen LogP contribution >= 0.6 is 0 Å². The lowest BCUT2D eigenvalue weighted by Gasteiger charge is -2.33. The number of carbonyl (C=O) groups is 1. The number of carbonyl (C=O) groups excluding carboxylic acids is 1. The molecular weight excluding hydrogens is 181 g/mol. The summed E-state index contributed by atoms with van der Waals surface area (Å²) < 4.78 is 13.0. The predicted molar refractivity (Wildman–Crippen MR) is 54.7 cm³/mol. The van der Waals surface area contributed by atoms with E-state index in [1.165, 1.54) is 0 Å². The molecule has 0 aliphatic carbocycles. The molecule has 1 saturated heterocycles. The molecule has 0 aromatic rings. The maximum Gasteiger partial charge on any atom is 0.225 e. The van der Waals surface area contributed by atoms with Gasteiger partial charge in [-0.25, -0.2) is 4.39 Å². The normalized spacial score (nSPS) is 21.4. The average Bonchev–Trinajstić information content (AvgIpc) is 2.16. The molecule has 1 aliphatic heterocycles. The molecule has 1 unspecified atom stereocenters. The molecule has 1 heterocycles. The Balaban J connectivity index is 2.39. The van der Waals surface area contributed by atoms with Gasteiger partial charge in [0.2, 0.25) is 5.91 Å². The number of rotatable bonds is 2. The minimum atomic E-state index is -0.730. The number of hydrogen-bond donors (Lipinski definition) is 0. The van der Waals surface area contributed by atoms with E-state index >= 15 is 0 Å². The summed E-state index contributed by atoms with van der Waals surface area (Å²) in [4.78, 5) is 13.5. The van der Waals surface area contributed by atoms with E-state index in [1.807, 2.05) is 18.7 Å². The van der Waals surface area contributed by atoms with E-state index in [4.69, 9.17) is 0 Å². The first kappa shape index (κ1) is 11.5. The van der Waals surface area contributed by atoms with Gasteiger partial charge in [0.05, 0.1) is 0 Å². The van der Waals surface area contributed by atoms with Crippen molar-refractivity contribution in [2.45, 2.75) is 39.8 Å². The third-order valence-corrected chi connectivity index (χ3v) is 2.99. The Labute approximate surface area is 85.5 Å². The van der Waals surface area contributed by atoms with Gasteiger partial charge in [-0.05, 0) is 25.7 Å². The molecule has 0 saturated carbocycles. The first-order valence-electron chi connectivity index (χ1n) is 5.45. The zero-order valence-electron chi connectivity index (χ0n) is 9.29. The van der Waals surface area contributed by atoms with Gasteiger partial charge in [0.1, 0.15) is 6.17 Å². The lowest BCUT2D eigenvalue weighted by molar-refractivity contribution is -0.136. The van der Waals surface area contributed by atoms with Crippen LogP contribution in [0.25, 0.3) is 0 Å². The van der Waals surface area contributed by atoms with E-state index < -0.39 is 6.17 Å². The highest BCUT2D eigenvalue weighted by atomic mass is 19.1. The first-order chi connectivity index (χ1) is 6.52. The Morgan fingerprint density at radius 2 is 1.79 bits per heavy atom. The van der Waals surface area contributed by atoms with E-state index in [-0.39, 0.29) is 17.7 Å². The molecule has 2 nitrogen and oxygen atoms in total. The molecule has 0 N–H and O–H groups in total. The van der Waals surface area contributed by atoms with Crippen LogP contribution in [-0.4, -0.2) is 30.1 Å². The summed E-state index contributed by atoms with van der Waals surface area (Å²) >= 11 is 0. The van der Waals surface area contributed by atoms with Crippen molar-refractivity contribution >= 4 is 5.91 Å². The largest absolute Gasteiger partial charge is 0.342 e. The Morgan fingerprint density at radius 1 is 1.29 bits per heavy atom. The van der Waals surface area contributed by atoms with Crippen molar-refractivity contribution in [1.29, 1.82) is 0 Å². The van der Waals surface area contributed by atoms with Gasteiger partial charge in [-0.3, -0.25) is 4.79 Å². The molecule has 0 bridgehead atoms. The Hall–Kier alpha value is -0.600. The number of halogens is 1. The SMILES string of the molecule is CC(C)C(=O)N1CCC(C(C)F)CC1. The van der Waals surface area contributed by atoms with Crippen LogP contribution in [0.1, 0.15) is 33.6 Å². The second-order valence-electron chi connectivity index (χ2n) is 4.49. The first-order valence-corrected chi connectivity index (χ1v) is 5.45. The molecule has 3 heteroatoms. The van der Waals surface area contributed by atoms with Crippen molar-refractivity contribution in [3.05, 3.63) is 0 Å². The number of amides is 1. The fraction of sp³-hybridized carbons (Fsp3) is 0.909. The summed E-state index contributed by atoms with van der Waals surface area (Å²) in [6.45, 7) is 6.90. The van der Waals surface area contributed by atoms with Crippen LogP contribution in [0.3, 0.4) is 0 Å². The van der Waals surface area contributed by atoms with Crippen LogP contribution in [0.5, 0.6) is 0 Å². The Morgan fingerprint density at radius 3 is 2.14 bits per heavy atom. The molecule has 0 radical (unpaired) electrons. The molecule has 82 valence electrons. The van der Waals surface area contributed by atoms with Gasteiger partial charge >= 0.3 is 0 Å². The van der Waals surface area contributed by atoms with Gasteiger partial charge in [0.15, 0.2) is 0 Å². The molecule has 1 atom stereocenters. The molecular formula is C11H20FNO. The smallest absolute Gasteiger partial charge is 0.225 e. The average molecular weight is 201 g/mol. The molecule has 14 heavy (non-hydrogen) atoms. The highest BCUT2D eigenvalue weighted by molar-refractivity contribution is 5.78. The van der Waals surface area contributed by atoms with Gasteiger partial charge in [0, 0.05) is 19.0 Å². The molecule has 0 aromatic heterocycles. The maximum atomic E-state index is 13.0. The monoisotopic (exact) mass is 201 g/mol. The molecule has 0 aromatic carbocycles. The number of alkyl halides is 1. The number of nitrogens with zero attached hydrogens (tertiary/aromatic N) is 1. The van der Waals surface area contributed by atoms with Crippen molar-refractivity contribution in [2.75, 3.05) is 13.1 Å². The molecule has 1 aliphatic rings. The lowest BCUT2D eigenvalue weighted by Crippen LogP contribution is -2.41. The molecule has 0 spiro atoms. The maximum absolute atomic E-state index is 13.0. The zero-order chi connectivity index (χ0) is 10.7. The van der Waals surface area contributed by atoms with E-state index in [2.05, 4.69) is 0 Å². The van der Waals surface area contributed by atoms with Crippen LogP contribution in [0.2, 0.25) is 0 Å². The van der Waals surface area contributed by atoms with E-state index in [0.29, 0.717) is 0 Å². The van der Waals surface area contributed by atoms with Crippen molar-refractivity contribution in [2.24, 2.45) is 11.8 Å². The van der Waals surface area contributed by atoms with E-state index in [1.54, 1.807) is 6.92 Å². The lowest BCUT2D eigenvalue weighted by atomic mass is 9.92. The fourth-order valence-electron chi connectivity index (χ4n) is 1.94. The van der Waals surface area contributed by atoms with E-state index in [9.17, 15) is 9.18 Å². The highest BCUT2D eigenvalue weighted by Crippen LogP contribution is 2.23. The number of likely N-dealkylation sites (tertiary alicyclic amines) is 1. The van der Waals surface area contributed by atoms with E-state index in [0.717, 1.165) is 25.9 Å². The minimum Gasteiger partial charge on any atom is -0.342 e. The summed E-state index contributed by atoms with van der Waals surface area (Å²) in [7, 11) is 0. The van der Waals surface area contributed by atoms with Crippen LogP contribution in [-0.2, 0) is 4.79 Å². The summed E-state index contributed by atoms with van der Waals surface area (Å²) in [5.41, 5.74) is 0. The Bertz CT molecular complexity index is 195. The summed E-state index contributed by atoms with van der Waals surface area (Å²) in [6.07, 6.45) is 0.901.